The van der Waals surface area contributed by atoms with E-state index in [0.717, 1.165) is 18.6 Å². The van der Waals surface area contributed by atoms with Gasteiger partial charge in [0.05, 0.1) is 12.7 Å². The Kier molecular flexibility index (Phi) is 6.38. The highest BCUT2D eigenvalue weighted by atomic mass is 127. The van der Waals surface area contributed by atoms with Crippen molar-refractivity contribution in [2.24, 2.45) is 0 Å². The van der Waals surface area contributed by atoms with Crippen molar-refractivity contribution in [1.82, 2.24) is 5.32 Å². The number of benzene rings is 2. The molecule has 5 heteroatoms. The maximum absolute atomic E-state index is 13.1. The molecule has 2 aromatic carbocycles. The number of hydrogen-bond acceptors (Lipinski definition) is 2. The molecule has 0 aliphatic heterocycles. The van der Waals surface area contributed by atoms with Gasteiger partial charge in [-0.3, -0.25) is 4.79 Å². The molecule has 0 fully saturated rings. The quantitative estimate of drug-likeness (QED) is 0.703. The van der Waals surface area contributed by atoms with Gasteiger partial charge in [-0.05, 0) is 78.3 Å². The topological polar surface area (TPSA) is 38.3 Å². The highest BCUT2D eigenvalue weighted by Gasteiger charge is 2.13. The molecule has 0 saturated carbocycles. The van der Waals surface area contributed by atoms with Gasteiger partial charge in [0, 0.05) is 9.61 Å². The summed E-state index contributed by atoms with van der Waals surface area (Å²) in [4.78, 5) is 12.2. The Labute approximate surface area is 149 Å². The number of hydrogen-bond donors (Lipinski definition) is 1. The van der Waals surface area contributed by atoms with Gasteiger partial charge in [0.25, 0.3) is 5.91 Å². The van der Waals surface area contributed by atoms with E-state index in [2.05, 4.69) is 5.32 Å². The van der Waals surface area contributed by atoms with E-state index < -0.39 is 0 Å². The molecule has 0 bridgehead atoms. The summed E-state index contributed by atoms with van der Waals surface area (Å²) in [6.07, 6.45) is 1.70. The molecule has 0 spiro atoms. The lowest BCUT2D eigenvalue weighted by molar-refractivity contribution is 0.0937. The van der Waals surface area contributed by atoms with E-state index in [0.29, 0.717) is 9.13 Å². The van der Waals surface area contributed by atoms with E-state index in [-0.39, 0.29) is 17.8 Å². The van der Waals surface area contributed by atoms with Gasteiger partial charge in [-0.25, -0.2) is 4.39 Å². The molecule has 0 aromatic heterocycles. The summed E-state index contributed by atoms with van der Waals surface area (Å²) in [5.74, 6) is 0.330. The number of aryl methyl sites for hydroxylation is 1. The van der Waals surface area contributed by atoms with Crippen LogP contribution in [0.3, 0.4) is 0 Å². The van der Waals surface area contributed by atoms with Crippen LogP contribution in [0.1, 0.15) is 29.3 Å². The molecule has 2 rings (SSSR count). The van der Waals surface area contributed by atoms with Crippen LogP contribution in [-0.2, 0) is 6.42 Å². The van der Waals surface area contributed by atoms with Crippen LogP contribution in [0.25, 0.3) is 0 Å². The number of rotatable bonds is 6. The van der Waals surface area contributed by atoms with Crippen LogP contribution in [0.2, 0.25) is 0 Å². The van der Waals surface area contributed by atoms with Gasteiger partial charge in [-0.15, -0.1) is 0 Å². The van der Waals surface area contributed by atoms with E-state index in [4.69, 9.17) is 4.74 Å². The number of carbonyl (C=O) groups is 1. The third-order valence-corrected chi connectivity index (χ3v) is 4.47. The summed E-state index contributed by atoms with van der Waals surface area (Å²) in [6, 6.07) is 12.1. The average Bonchev–Trinajstić information content (AvgIpc) is 2.53. The molecule has 23 heavy (non-hydrogen) atoms. The molecule has 1 atom stereocenters. The summed E-state index contributed by atoms with van der Waals surface area (Å²) < 4.78 is 18.8. The molecule has 0 aliphatic rings. The molecule has 0 heterocycles. The molecular weight excluding hydrogens is 408 g/mol. The smallest absolute Gasteiger partial charge is 0.252 e. The fraction of sp³-hybridized carbons (Fsp3) is 0.278. The van der Waals surface area contributed by atoms with E-state index >= 15 is 0 Å². The van der Waals surface area contributed by atoms with Crippen LogP contribution in [0.5, 0.6) is 5.75 Å². The van der Waals surface area contributed by atoms with Crippen LogP contribution >= 0.6 is 22.6 Å². The lowest BCUT2D eigenvalue weighted by Crippen LogP contribution is -2.33. The Balaban J connectivity index is 1.88. The summed E-state index contributed by atoms with van der Waals surface area (Å²) in [5.41, 5.74) is 1.70. The molecular formula is C18H19FINO2. The SMILES string of the molecule is COc1ccc(CCC(C)NC(=O)c2ccc(F)cc2I)cc1. The Morgan fingerprint density at radius 1 is 1.26 bits per heavy atom. The third kappa shape index (κ3) is 5.20. The summed E-state index contributed by atoms with van der Waals surface area (Å²) in [5, 5.41) is 2.96. The Morgan fingerprint density at radius 2 is 1.96 bits per heavy atom. The van der Waals surface area contributed by atoms with Crippen LogP contribution in [0.4, 0.5) is 4.39 Å². The minimum atomic E-state index is -0.335. The van der Waals surface area contributed by atoms with Crippen LogP contribution in [0.15, 0.2) is 42.5 Å². The monoisotopic (exact) mass is 427 g/mol. The molecule has 1 unspecified atom stereocenters. The third-order valence-electron chi connectivity index (χ3n) is 3.58. The zero-order valence-corrected chi connectivity index (χ0v) is 15.3. The predicted molar refractivity (Wildman–Crippen MR) is 97.4 cm³/mol. The number of carbonyl (C=O) groups excluding carboxylic acids is 1. The normalized spacial score (nSPS) is 11.8. The van der Waals surface area contributed by atoms with Crippen LogP contribution in [0, 0.1) is 9.39 Å². The average molecular weight is 427 g/mol. The van der Waals surface area contributed by atoms with Crippen molar-refractivity contribution in [3.05, 3.63) is 63.0 Å². The van der Waals surface area contributed by atoms with Crippen molar-refractivity contribution in [2.45, 2.75) is 25.8 Å². The van der Waals surface area contributed by atoms with Gasteiger partial charge in [-0.1, -0.05) is 12.1 Å². The van der Waals surface area contributed by atoms with Gasteiger partial charge in [0.1, 0.15) is 11.6 Å². The summed E-state index contributed by atoms with van der Waals surface area (Å²) in [6.45, 7) is 1.97. The first kappa shape index (κ1) is 17.7. The van der Waals surface area contributed by atoms with Gasteiger partial charge in [-0.2, -0.15) is 0 Å². The van der Waals surface area contributed by atoms with Crippen molar-refractivity contribution in [3.63, 3.8) is 0 Å². The maximum Gasteiger partial charge on any atom is 0.252 e. The lowest BCUT2D eigenvalue weighted by atomic mass is 10.1. The molecule has 1 N–H and O–H groups in total. The van der Waals surface area contributed by atoms with Crippen molar-refractivity contribution < 1.29 is 13.9 Å². The van der Waals surface area contributed by atoms with E-state index in [1.54, 1.807) is 7.11 Å². The van der Waals surface area contributed by atoms with Crippen LogP contribution in [-0.4, -0.2) is 19.1 Å². The molecule has 2 aromatic rings. The van der Waals surface area contributed by atoms with Crippen LogP contribution < -0.4 is 10.1 Å². The molecule has 0 aliphatic carbocycles. The molecule has 0 saturated heterocycles. The number of nitrogens with one attached hydrogen (secondary N) is 1. The largest absolute Gasteiger partial charge is 0.497 e. The summed E-state index contributed by atoms with van der Waals surface area (Å²) in [7, 11) is 1.64. The first-order valence-electron chi connectivity index (χ1n) is 7.38. The van der Waals surface area contributed by atoms with E-state index in [1.165, 1.54) is 23.8 Å². The first-order valence-corrected chi connectivity index (χ1v) is 8.46. The second kappa shape index (κ2) is 8.29. The Bertz CT molecular complexity index is 673. The predicted octanol–water partition coefficient (Wildman–Crippen LogP) is 4.19. The zero-order chi connectivity index (χ0) is 16.8. The fourth-order valence-corrected chi connectivity index (χ4v) is 2.94. The van der Waals surface area contributed by atoms with E-state index in [1.807, 2.05) is 53.8 Å². The number of amides is 1. The van der Waals surface area contributed by atoms with Crippen molar-refractivity contribution >= 4 is 28.5 Å². The minimum Gasteiger partial charge on any atom is -0.497 e. The lowest BCUT2D eigenvalue weighted by Gasteiger charge is -2.15. The fourth-order valence-electron chi connectivity index (χ4n) is 2.22. The van der Waals surface area contributed by atoms with Gasteiger partial charge < -0.3 is 10.1 Å². The standard InChI is InChI=1S/C18H19FINO2/c1-12(3-4-13-5-8-15(23-2)9-6-13)21-18(22)16-10-7-14(19)11-17(16)20/h5-12H,3-4H2,1-2H3,(H,21,22). The number of methoxy groups -OCH3 is 1. The number of ether oxygens (including phenoxy) is 1. The van der Waals surface area contributed by atoms with Crippen molar-refractivity contribution in [1.29, 1.82) is 0 Å². The molecule has 1 amide bonds. The first-order chi connectivity index (χ1) is 11.0. The van der Waals surface area contributed by atoms with Gasteiger partial charge in [0.15, 0.2) is 0 Å². The van der Waals surface area contributed by atoms with Gasteiger partial charge in [0.2, 0.25) is 0 Å². The van der Waals surface area contributed by atoms with Crippen molar-refractivity contribution in [2.75, 3.05) is 7.11 Å². The van der Waals surface area contributed by atoms with E-state index in [9.17, 15) is 9.18 Å². The molecule has 3 nitrogen and oxygen atoms in total. The Hall–Kier alpha value is -1.63. The second-order valence-electron chi connectivity index (χ2n) is 5.39. The highest BCUT2D eigenvalue weighted by Crippen LogP contribution is 2.15. The second-order valence-corrected chi connectivity index (χ2v) is 6.55. The maximum atomic E-state index is 13.1. The van der Waals surface area contributed by atoms with Gasteiger partial charge >= 0.3 is 0 Å². The van der Waals surface area contributed by atoms with Crippen molar-refractivity contribution in [3.8, 4) is 5.75 Å². The molecule has 122 valence electrons. The Morgan fingerprint density at radius 3 is 2.57 bits per heavy atom. The number of halogens is 2. The summed E-state index contributed by atoms with van der Waals surface area (Å²) >= 11 is 1.97. The highest BCUT2D eigenvalue weighted by molar-refractivity contribution is 14.1. The minimum absolute atomic E-state index is 0.0328. The molecule has 0 radical (unpaired) electrons. The zero-order valence-electron chi connectivity index (χ0n) is 13.1.